The molecule has 1 aromatic rings. The lowest BCUT2D eigenvalue weighted by molar-refractivity contribution is 0.415. The molecule has 0 amide bonds. The highest BCUT2D eigenvalue weighted by Gasteiger charge is 2.24. The molecule has 0 bridgehead atoms. The molecule has 1 unspecified atom stereocenters. The molecule has 2 rings (SSSR count). The van der Waals surface area contributed by atoms with Crippen molar-refractivity contribution in [3.8, 4) is 0 Å². The zero-order valence-electron chi connectivity index (χ0n) is 6.37. The van der Waals surface area contributed by atoms with Gasteiger partial charge in [-0.05, 0) is 6.07 Å². The Morgan fingerprint density at radius 3 is 2.91 bits per heavy atom. The van der Waals surface area contributed by atoms with Crippen molar-refractivity contribution >= 4 is 5.82 Å². The van der Waals surface area contributed by atoms with Crippen LogP contribution in [0, 0.1) is 0 Å². The third kappa shape index (κ3) is 1.33. The number of aromatic nitrogens is 1. The first-order chi connectivity index (χ1) is 5.40. The molecule has 1 N–H and O–H groups in total. The Hall–Kier alpha value is -1.09. The Bertz CT molecular complexity index is 241. The van der Waals surface area contributed by atoms with Gasteiger partial charge < -0.3 is 10.1 Å². The second-order valence-electron chi connectivity index (χ2n) is 2.55. The number of hydrogen-bond acceptors (Lipinski definition) is 3. The number of nitrogens with one attached hydrogen (secondary N) is 1. The van der Waals surface area contributed by atoms with E-state index in [9.17, 15) is 0 Å². The Morgan fingerprint density at radius 1 is 1.64 bits per heavy atom. The molecule has 1 aliphatic rings. The van der Waals surface area contributed by atoms with Crippen molar-refractivity contribution in [3.05, 3.63) is 23.9 Å². The normalized spacial score (nSPS) is 21.4. The molecule has 1 saturated heterocycles. The third-order valence-corrected chi connectivity index (χ3v) is 1.75. The summed E-state index contributed by atoms with van der Waals surface area (Å²) < 4.78 is 5.11. The van der Waals surface area contributed by atoms with Crippen molar-refractivity contribution in [3.63, 3.8) is 0 Å². The van der Waals surface area contributed by atoms with Gasteiger partial charge in [0.25, 0.3) is 0 Å². The Labute approximate surface area is 65.4 Å². The predicted octanol–water partition coefficient (Wildman–Crippen LogP) is 1.19. The summed E-state index contributed by atoms with van der Waals surface area (Å²) in [5, 5.41) is 2.96. The number of ether oxygens (including phenoxy) is 1. The van der Waals surface area contributed by atoms with Gasteiger partial charge in [0.05, 0.1) is 6.61 Å². The third-order valence-electron chi connectivity index (χ3n) is 1.75. The van der Waals surface area contributed by atoms with Crippen molar-refractivity contribution in [2.24, 2.45) is 0 Å². The van der Waals surface area contributed by atoms with Crippen LogP contribution in [0.4, 0.5) is 5.82 Å². The smallest absolute Gasteiger partial charge is 0.125 e. The SMILES string of the molecule is CNc1ccc(C2CO2)cn1. The van der Waals surface area contributed by atoms with E-state index in [0.29, 0.717) is 6.10 Å². The monoisotopic (exact) mass is 150 g/mol. The van der Waals surface area contributed by atoms with Crippen LogP contribution < -0.4 is 5.32 Å². The van der Waals surface area contributed by atoms with Crippen molar-refractivity contribution in [1.82, 2.24) is 4.98 Å². The van der Waals surface area contributed by atoms with Crippen LogP contribution in [-0.2, 0) is 4.74 Å². The quantitative estimate of drug-likeness (QED) is 0.643. The average molecular weight is 150 g/mol. The minimum absolute atomic E-state index is 0.313. The molecular formula is C8H10N2O. The fourth-order valence-corrected chi connectivity index (χ4v) is 0.984. The van der Waals surface area contributed by atoms with Crippen LogP contribution in [0.5, 0.6) is 0 Å². The summed E-state index contributed by atoms with van der Waals surface area (Å²) in [7, 11) is 1.86. The van der Waals surface area contributed by atoms with Gasteiger partial charge in [0.2, 0.25) is 0 Å². The van der Waals surface area contributed by atoms with Crippen LogP contribution in [0.15, 0.2) is 18.3 Å². The lowest BCUT2D eigenvalue weighted by atomic mass is 10.2. The minimum atomic E-state index is 0.313. The molecule has 1 atom stereocenters. The van der Waals surface area contributed by atoms with Crippen LogP contribution in [-0.4, -0.2) is 18.6 Å². The van der Waals surface area contributed by atoms with E-state index in [0.717, 1.165) is 12.4 Å². The lowest BCUT2D eigenvalue weighted by Gasteiger charge is -1.98. The van der Waals surface area contributed by atoms with Gasteiger partial charge in [-0.1, -0.05) is 6.07 Å². The largest absolute Gasteiger partial charge is 0.373 e. The number of nitrogens with zero attached hydrogens (tertiary/aromatic N) is 1. The van der Waals surface area contributed by atoms with Crippen LogP contribution in [0.25, 0.3) is 0 Å². The highest BCUT2D eigenvalue weighted by molar-refractivity contribution is 5.35. The highest BCUT2D eigenvalue weighted by Crippen LogP contribution is 2.29. The van der Waals surface area contributed by atoms with Crippen LogP contribution in [0.2, 0.25) is 0 Å². The Balaban J connectivity index is 2.19. The maximum atomic E-state index is 5.11. The summed E-state index contributed by atoms with van der Waals surface area (Å²) in [6, 6.07) is 3.99. The molecule has 11 heavy (non-hydrogen) atoms. The van der Waals surface area contributed by atoms with E-state index in [1.165, 1.54) is 5.56 Å². The van der Waals surface area contributed by atoms with Crippen molar-refractivity contribution in [2.75, 3.05) is 19.0 Å². The van der Waals surface area contributed by atoms with E-state index in [-0.39, 0.29) is 0 Å². The summed E-state index contributed by atoms with van der Waals surface area (Å²) in [5.41, 5.74) is 1.17. The Morgan fingerprint density at radius 2 is 2.45 bits per heavy atom. The van der Waals surface area contributed by atoms with Gasteiger partial charge in [-0.15, -0.1) is 0 Å². The first-order valence-corrected chi connectivity index (χ1v) is 3.65. The second kappa shape index (κ2) is 2.51. The van der Waals surface area contributed by atoms with E-state index >= 15 is 0 Å². The topological polar surface area (TPSA) is 37.5 Å². The van der Waals surface area contributed by atoms with Crippen molar-refractivity contribution in [1.29, 1.82) is 0 Å². The molecule has 0 spiro atoms. The standard InChI is InChI=1S/C8H10N2O/c1-9-8-3-2-6(4-10-8)7-5-11-7/h2-4,7H,5H2,1H3,(H,9,10). The lowest BCUT2D eigenvalue weighted by Crippen LogP contribution is -1.92. The van der Waals surface area contributed by atoms with Crippen LogP contribution >= 0.6 is 0 Å². The average Bonchev–Trinajstić information content (AvgIpc) is 2.87. The molecule has 2 heterocycles. The van der Waals surface area contributed by atoms with Gasteiger partial charge in [-0.25, -0.2) is 4.98 Å². The highest BCUT2D eigenvalue weighted by atomic mass is 16.6. The van der Waals surface area contributed by atoms with Crippen LogP contribution in [0.3, 0.4) is 0 Å². The summed E-state index contributed by atoms with van der Waals surface area (Å²) >= 11 is 0. The van der Waals surface area contributed by atoms with E-state index in [1.807, 2.05) is 25.4 Å². The molecule has 0 saturated carbocycles. The van der Waals surface area contributed by atoms with Crippen molar-refractivity contribution in [2.45, 2.75) is 6.10 Å². The van der Waals surface area contributed by atoms with Gasteiger partial charge in [0.1, 0.15) is 11.9 Å². The second-order valence-corrected chi connectivity index (χ2v) is 2.55. The maximum absolute atomic E-state index is 5.11. The van der Waals surface area contributed by atoms with E-state index in [4.69, 9.17) is 4.74 Å². The molecule has 1 aliphatic heterocycles. The molecule has 1 aromatic heterocycles. The number of hydrogen-bond donors (Lipinski definition) is 1. The zero-order chi connectivity index (χ0) is 7.68. The minimum Gasteiger partial charge on any atom is -0.373 e. The molecule has 1 fully saturated rings. The van der Waals surface area contributed by atoms with E-state index in [2.05, 4.69) is 10.3 Å². The molecule has 58 valence electrons. The molecule has 0 radical (unpaired) electrons. The summed E-state index contributed by atoms with van der Waals surface area (Å²) in [4.78, 5) is 4.17. The van der Waals surface area contributed by atoms with Gasteiger partial charge in [0.15, 0.2) is 0 Å². The molecule has 0 aliphatic carbocycles. The molecular weight excluding hydrogens is 140 g/mol. The number of epoxide rings is 1. The molecule has 3 nitrogen and oxygen atoms in total. The first kappa shape index (κ1) is 6.61. The van der Waals surface area contributed by atoms with Gasteiger partial charge in [-0.2, -0.15) is 0 Å². The van der Waals surface area contributed by atoms with E-state index in [1.54, 1.807) is 0 Å². The number of rotatable bonds is 2. The first-order valence-electron chi connectivity index (χ1n) is 3.65. The summed E-state index contributed by atoms with van der Waals surface area (Å²) in [5.74, 6) is 0.898. The maximum Gasteiger partial charge on any atom is 0.125 e. The summed E-state index contributed by atoms with van der Waals surface area (Å²) in [6.07, 6.45) is 2.16. The van der Waals surface area contributed by atoms with E-state index < -0.39 is 0 Å². The van der Waals surface area contributed by atoms with Gasteiger partial charge in [0, 0.05) is 18.8 Å². The number of pyridine rings is 1. The summed E-state index contributed by atoms with van der Waals surface area (Å²) in [6.45, 7) is 0.848. The fourth-order valence-electron chi connectivity index (χ4n) is 0.984. The number of anilines is 1. The van der Waals surface area contributed by atoms with Crippen LogP contribution in [0.1, 0.15) is 11.7 Å². The Kier molecular flexibility index (Phi) is 1.51. The van der Waals surface area contributed by atoms with Gasteiger partial charge in [-0.3, -0.25) is 0 Å². The fraction of sp³-hybridized carbons (Fsp3) is 0.375. The zero-order valence-corrected chi connectivity index (χ0v) is 6.37. The molecule has 3 heteroatoms. The van der Waals surface area contributed by atoms with Crippen molar-refractivity contribution < 1.29 is 4.74 Å². The predicted molar refractivity (Wildman–Crippen MR) is 42.5 cm³/mol. The van der Waals surface area contributed by atoms with Gasteiger partial charge >= 0.3 is 0 Å². The molecule has 0 aromatic carbocycles.